The summed E-state index contributed by atoms with van der Waals surface area (Å²) in [5.74, 6) is -0.870. The third-order valence-corrected chi connectivity index (χ3v) is 5.39. The second-order valence-corrected chi connectivity index (χ2v) is 7.75. The molecule has 2 heterocycles. The minimum absolute atomic E-state index is 0.0436. The molecule has 0 aliphatic rings. The first kappa shape index (κ1) is 22.7. The number of rotatable bonds is 6. The van der Waals surface area contributed by atoms with Crippen LogP contribution in [0.5, 0.6) is 0 Å². The third-order valence-electron chi connectivity index (χ3n) is 5.17. The van der Waals surface area contributed by atoms with E-state index in [0.717, 1.165) is 12.1 Å². The number of aryl methyl sites for hydroxylation is 1. The number of nitrogens with zero attached hydrogens (tertiary/aromatic N) is 5. The number of pyridine rings is 1. The number of halogens is 5. The van der Waals surface area contributed by atoms with Gasteiger partial charge in [-0.05, 0) is 46.7 Å². The molecule has 4 aromatic rings. The van der Waals surface area contributed by atoms with Crippen LogP contribution in [0.1, 0.15) is 22.4 Å². The summed E-state index contributed by atoms with van der Waals surface area (Å²) in [4.78, 5) is 5.64. The molecule has 1 N–H and O–H groups in total. The zero-order valence-electron chi connectivity index (χ0n) is 17.2. The fourth-order valence-electron chi connectivity index (χ4n) is 3.67. The fraction of sp³-hybridized carbons (Fsp3) is 0.182. The smallest absolute Gasteiger partial charge is 0.350 e. The molecule has 0 saturated heterocycles. The van der Waals surface area contributed by atoms with Crippen molar-refractivity contribution in [2.45, 2.75) is 11.6 Å². The van der Waals surface area contributed by atoms with Crippen LogP contribution >= 0.6 is 11.6 Å². The highest BCUT2D eigenvalue weighted by Crippen LogP contribution is 2.41. The maximum absolute atomic E-state index is 14.6. The molecule has 0 aliphatic heterocycles. The molecule has 0 bridgehead atoms. The van der Waals surface area contributed by atoms with Crippen molar-refractivity contribution >= 4 is 17.5 Å². The first-order chi connectivity index (χ1) is 15.7. The van der Waals surface area contributed by atoms with Gasteiger partial charge in [-0.1, -0.05) is 47.0 Å². The fourth-order valence-corrected chi connectivity index (χ4v) is 3.79. The van der Waals surface area contributed by atoms with Crippen molar-refractivity contribution < 1.29 is 17.6 Å². The van der Waals surface area contributed by atoms with E-state index < -0.39 is 23.0 Å². The van der Waals surface area contributed by atoms with Crippen molar-refractivity contribution in [3.63, 3.8) is 0 Å². The molecule has 1 atom stereocenters. The van der Waals surface area contributed by atoms with Crippen LogP contribution in [0.2, 0.25) is 5.02 Å². The Kier molecular flexibility index (Phi) is 6.03. The average molecular weight is 477 g/mol. The molecule has 11 heteroatoms. The van der Waals surface area contributed by atoms with Crippen LogP contribution in [0.4, 0.5) is 23.5 Å². The first-order valence-corrected chi connectivity index (χ1v) is 10.1. The van der Waals surface area contributed by atoms with E-state index in [2.05, 4.69) is 25.7 Å². The van der Waals surface area contributed by atoms with Crippen molar-refractivity contribution in [1.29, 1.82) is 0 Å². The van der Waals surface area contributed by atoms with E-state index in [1.165, 1.54) is 11.0 Å². The van der Waals surface area contributed by atoms with Gasteiger partial charge in [0.2, 0.25) is 0 Å². The van der Waals surface area contributed by atoms with Gasteiger partial charge in [-0.3, -0.25) is 4.98 Å². The Labute approximate surface area is 191 Å². The average Bonchev–Trinajstić information content (AvgIpc) is 3.20. The Morgan fingerprint density at radius 1 is 0.970 bits per heavy atom. The lowest BCUT2D eigenvalue weighted by atomic mass is 9.71. The number of benzene rings is 2. The van der Waals surface area contributed by atoms with Gasteiger partial charge in [-0.25, -0.2) is 4.39 Å². The number of alkyl halides is 3. The van der Waals surface area contributed by atoms with Crippen LogP contribution in [-0.4, -0.2) is 31.7 Å². The van der Waals surface area contributed by atoms with Gasteiger partial charge in [-0.2, -0.15) is 18.0 Å². The largest absolute Gasteiger partial charge is 0.416 e. The second kappa shape index (κ2) is 8.78. The molecule has 0 radical (unpaired) electrons. The monoisotopic (exact) mass is 476 g/mol. The zero-order valence-corrected chi connectivity index (χ0v) is 17.9. The molecular weight excluding hydrogens is 460 g/mol. The van der Waals surface area contributed by atoms with Gasteiger partial charge in [0.15, 0.2) is 0 Å². The van der Waals surface area contributed by atoms with Gasteiger partial charge in [0.25, 0.3) is 5.95 Å². The summed E-state index contributed by atoms with van der Waals surface area (Å²) in [6, 6.07) is 14.4. The van der Waals surface area contributed by atoms with Crippen LogP contribution in [0, 0.1) is 5.82 Å². The molecule has 0 amide bonds. The molecule has 170 valence electrons. The Morgan fingerprint density at radius 2 is 1.70 bits per heavy atom. The first-order valence-electron chi connectivity index (χ1n) is 9.72. The SMILES string of the molecule is Cn1nnc(NCC(c2ccccc2)(c2cc(F)cc(C(F)(F)F)c2)c2ccc(Cl)cn2)n1. The minimum Gasteiger partial charge on any atom is -0.350 e. The highest BCUT2D eigenvalue weighted by atomic mass is 35.5. The number of nitrogens with one attached hydrogen (secondary N) is 1. The van der Waals surface area contributed by atoms with Crippen molar-refractivity contribution in [3.8, 4) is 0 Å². The van der Waals surface area contributed by atoms with Gasteiger partial charge in [0.1, 0.15) is 5.82 Å². The lowest BCUT2D eigenvalue weighted by Crippen LogP contribution is -2.38. The van der Waals surface area contributed by atoms with Crippen LogP contribution in [0.15, 0.2) is 66.9 Å². The van der Waals surface area contributed by atoms with Gasteiger partial charge in [0.05, 0.1) is 28.7 Å². The van der Waals surface area contributed by atoms with E-state index in [9.17, 15) is 17.6 Å². The summed E-state index contributed by atoms with van der Waals surface area (Å²) in [6.07, 6.45) is -3.36. The summed E-state index contributed by atoms with van der Waals surface area (Å²) in [7, 11) is 1.57. The van der Waals surface area contributed by atoms with E-state index >= 15 is 0 Å². The number of tetrazole rings is 1. The topological polar surface area (TPSA) is 68.5 Å². The van der Waals surface area contributed by atoms with Crippen LogP contribution in [-0.2, 0) is 18.6 Å². The molecule has 33 heavy (non-hydrogen) atoms. The number of anilines is 1. The van der Waals surface area contributed by atoms with E-state index in [0.29, 0.717) is 22.3 Å². The number of aromatic nitrogens is 5. The summed E-state index contributed by atoms with van der Waals surface area (Å²) in [5, 5.41) is 15.1. The van der Waals surface area contributed by atoms with Gasteiger partial charge >= 0.3 is 6.18 Å². The van der Waals surface area contributed by atoms with E-state index in [1.54, 1.807) is 49.5 Å². The molecule has 0 saturated carbocycles. The van der Waals surface area contributed by atoms with Crippen LogP contribution < -0.4 is 5.32 Å². The quantitative estimate of drug-likeness (QED) is 0.402. The molecule has 0 spiro atoms. The Morgan fingerprint density at radius 3 is 2.30 bits per heavy atom. The second-order valence-electron chi connectivity index (χ2n) is 7.32. The Hall–Kier alpha value is -3.53. The predicted molar refractivity (Wildman–Crippen MR) is 114 cm³/mol. The zero-order chi connectivity index (χ0) is 23.6. The van der Waals surface area contributed by atoms with Gasteiger partial charge < -0.3 is 5.32 Å². The molecule has 2 aromatic carbocycles. The van der Waals surface area contributed by atoms with Crippen molar-refractivity contribution in [3.05, 3.63) is 100 Å². The lowest BCUT2D eigenvalue weighted by Gasteiger charge is -2.35. The van der Waals surface area contributed by atoms with Crippen molar-refractivity contribution in [1.82, 2.24) is 25.2 Å². The maximum atomic E-state index is 14.6. The summed E-state index contributed by atoms with van der Waals surface area (Å²) in [6.45, 7) is -0.0436. The standard InChI is InChI=1S/C22H17ClF4N6/c1-33-31-20(30-32-33)29-13-21(14-5-3-2-4-6-14,19-8-7-17(23)12-28-19)15-9-16(22(25,26)27)11-18(24)10-15/h2-12H,13H2,1H3,(H,29,31). The lowest BCUT2D eigenvalue weighted by molar-refractivity contribution is -0.137. The minimum atomic E-state index is -4.74. The molecule has 2 aromatic heterocycles. The summed E-state index contributed by atoms with van der Waals surface area (Å²) < 4.78 is 55.4. The molecule has 0 fully saturated rings. The Bertz CT molecular complexity index is 1240. The predicted octanol–water partition coefficient (Wildman–Crippen LogP) is 4.86. The highest BCUT2D eigenvalue weighted by Gasteiger charge is 2.41. The molecule has 6 nitrogen and oxygen atoms in total. The van der Waals surface area contributed by atoms with Crippen LogP contribution in [0.25, 0.3) is 0 Å². The normalized spacial score (nSPS) is 13.5. The molecular formula is C22H17ClF4N6. The van der Waals surface area contributed by atoms with E-state index in [-0.39, 0.29) is 18.1 Å². The van der Waals surface area contributed by atoms with Crippen molar-refractivity contribution in [2.24, 2.45) is 7.05 Å². The molecule has 0 aliphatic carbocycles. The summed E-state index contributed by atoms with van der Waals surface area (Å²) >= 11 is 6.02. The molecule has 1 unspecified atom stereocenters. The maximum Gasteiger partial charge on any atom is 0.416 e. The third kappa shape index (κ3) is 4.65. The van der Waals surface area contributed by atoms with Crippen molar-refractivity contribution in [2.75, 3.05) is 11.9 Å². The summed E-state index contributed by atoms with van der Waals surface area (Å²) in [5.41, 5.74) is -1.48. The number of hydrogen-bond acceptors (Lipinski definition) is 5. The molecule has 4 rings (SSSR count). The van der Waals surface area contributed by atoms with Gasteiger partial charge in [-0.15, -0.1) is 5.10 Å². The van der Waals surface area contributed by atoms with Gasteiger partial charge in [0, 0.05) is 12.7 Å². The highest BCUT2D eigenvalue weighted by molar-refractivity contribution is 6.30. The van der Waals surface area contributed by atoms with E-state index in [1.807, 2.05) is 0 Å². The number of hydrogen-bond donors (Lipinski definition) is 1. The Balaban J connectivity index is 1.99. The van der Waals surface area contributed by atoms with Crippen LogP contribution in [0.3, 0.4) is 0 Å². The van der Waals surface area contributed by atoms with E-state index in [4.69, 9.17) is 11.6 Å².